The molecule has 1 heterocycles. The Hall–Kier alpha value is -3.09. The highest BCUT2D eigenvalue weighted by atomic mass is 35.5. The van der Waals surface area contributed by atoms with Gasteiger partial charge >= 0.3 is 0 Å². The van der Waals surface area contributed by atoms with E-state index in [9.17, 15) is 9.59 Å². The van der Waals surface area contributed by atoms with E-state index in [1.165, 1.54) is 23.4 Å². The zero-order valence-corrected chi connectivity index (χ0v) is 19.4. The number of fused-ring (bicyclic) bond motifs is 1. The van der Waals surface area contributed by atoms with Crippen LogP contribution in [0.3, 0.4) is 0 Å². The molecule has 0 unspecified atom stereocenters. The molecular weight excluding hydrogens is 444 g/mol. The number of nitrogens with zero attached hydrogens (tertiary/aromatic N) is 2. The molecule has 0 fully saturated rings. The van der Waals surface area contributed by atoms with Crippen molar-refractivity contribution in [3.8, 4) is 11.4 Å². The third-order valence-electron chi connectivity index (χ3n) is 5.14. The maximum Gasteiger partial charge on any atom is 0.266 e. The van der Waals surface area contributed by atoms with Crippen molar-refractivity contribution in [3.05, 3.63) is 93.2 Å². The zero-order chi connectivity index (χ0) is 22.8. The Morgan fingerprint density at radius 2 is 1.78 bits per heavy atom. The van der Waals surface area contributed by atoms with Gasteiger partial charge in [0.05, 0.1) is 29.0 Å². The van der Waals surface area contributed by atoms with Gasteiger partial charge in [-0.05, 0) is 43.2 Å². The van der Waals surface area contributed by atoms with E-state index in [0.717, 1.165) is 11.1 Å². The number of Topliss-reactive ketones (excluding diaryl/α,β-unsaturated/α-hetero) is 1. The van der Waals surface area contributed by atoms with Gasteiger partial charge in [-0.2, -0.15) is 0 Å². The van der Waals surface area contributed by atoms with Crippen LogP contribution in [0, 0.1) is 6.92 Å². The Morgan fingerprint density at radius 1 is 1.09 bits per heavy atom. The summed E-state index contributed by atoms with van der Waals surface area (Å²) in [5.41, 5.74) is 2.49. The van der Waals surface area contributed by atoms with Gasteiger partial charge in [0.15, 0.2) is 5.16 Å². The summed E-state index contributed by atoms with van der Waals surface area (Å²) < 4.78 is 7.05. The van der Waals surface area contributed by atoms with Gasteiger partial charge in [-0.3, -0.25) is 14.2 Å². The molecule has 5 nitrogen and oxygen atoms in total. The standard InChI is InChI=1S/C25H21ClN2O3S/c1-15-13-21(22(31-3)14-19(15)26)28-24(30)18-11-7-8-12-20(18)27-25(28)32-23(16(2)29)17-9-5-4-6-10-17/h4-14,23H,1-3H3/t23-/m1/s1. The normalized spacial score (nSPS) is 12.0. The summed E-state index contributed by atoms with van der Waals surface area (Å²) in [6, 6.07) is 20.1. The number of aromatic nitrogens is 2. The number of thioether (sulfide) groups is 1. The number of carbonyl (C=O) groups is 1. The molecule has 4 aromatic rings. The van der Waals surface area contributed by atoms with E-state index < -0.39 is 5.25 Å². The summed E-state index contributed by atoms with van der Waals surface area (Å²) >= 11 is 7.54. The van der Waals surface area contributed by atoms with Crippen molar-refractivity contribution < 1.29 is 9.53 Å². The van der Waals surface area contributed by atoms with Gasteiger partial charge < -0.3 is 4.74 Å². The number of methoxy groups -OCH3 is 1. The van der Waals surface area contributed by atoms with Gasteiger partial charge in [-0.15, -0.1) is 0 Å². The molecule has 0 spiro atoms. The van der Waals surface area contributed by atoms with Crippen molar-refractivity contribution in [2.24, 2.45) is 0 Å². The largest absolute Gasteiger partial charge is 0.495 e. The summed E-state index contributed by atoms with van der Waals surface area (Å²) in [6.45, 7) is 3.40. The highest BCUT2D eigenvalue weighted by molar-refractivity contribution is 8.00. The van der Waals surface area contributed by atoms with E-state index >= 15 is 0 Å². The average Bonchev–Trinajstić information content (AvgIpc) is 2.79. The predicted octanol–water partition coefficient (Wildman–Crippen LogP) is 5.78. The topological polar surface area (TPSA) is 61.2 Å². The Balaban J connectivity index is 2.00. The highest BCUT2D eigenvalue weighted by Crippen LogP contribution is 2.38. The second-order valence-electron chi connectivity index (χ2n) is 7.34. The van der Waals surface area contributed by atoms with E-state index in [0.29, 0.717) is 32.5 Å². The maximum absolute atomic E-state index is 13.6. The van der Waals surface area contributed by atoms with Gasteiger partial charge in [0.25, 0.3) is 5.56 Å². The highest BCUT2D eigenvalue weighted by Gasteiger charge is 2.24. The molecule has 0 aliphatic heterocycles. The van der Waals surface area contributed by atoms with Crippen LogP contribution < -0.4 is 10.3 Å². The van der Waals surface area contributed by atoms with Gasteiger partial charge in [0, 0.05) is 11.1 Å². The van der Waals surface area contributed by atoms with E-state index in [1.807, 2.05) is 43.3 Å². The number of hydrogen-bond acceptors (Lipinski definition) is 5. The van der Waals surface area contributed by atoms with Gasteiger partial charge in [0.2, 0.25) is 0 Å². The molecule has 162 valence electrons. The van der Waals surface area contributed by atoms with Crippen LogP contribution in [-0.4, -0.2) is 22.4 Å². The molecule has 0 radical (unpaired) electrons. The zero-order valence-electron chi connectivity index (χ0n) is 17.8. The van der Waals surface area contributed by atoms with Crippen LogP contribution >= 0.6 is 23.4 Å². The number of rotatable bonds is 6. The number of aryl methyl sites for hydroxylation is 1. The van der Waals surface area contributed by atoms with Crippen LogP contribution in [0.25, 0.3) is 16.6 Å². The molecule has 0 amide bonds. The van der Waals surface area contributed by atoms with Crippen molar-refractivity contribution >= 4 is 40.0 Å². The maximum atomic E-state index is 13.6. The van der Waals surface area contributed by atoms with Crippen LogP contribution in [0.2, 0.25) is 5.02 Å². The van der Waals surface area contributed by atoms with Crippen molar-refractivity contribution in [1.82, 2.24) is 9.55 Å². The van der Waals surface area contributed by atoms with Gasteiger partial charge in [-0.1, -0.05) is 65.8 Å². The number of benzene rings is 3. The molecule has 32 heavy (non-hydrogen) atoms. The quantitative estimate of drug-likeness (QED) is 0.267. The van der Waals surface area contributed by atoms with E-state index in [4.69, 9.17) is 21.3 Å². The molecule has 3 aromatic carbocycles. The molecule has 0 bridgehead atoms. The Bertz CT molecular complexity index is 1370. The van der Waals surface area contributed by atoms with E-state index in [1.54, 1.807) is 37.3 Å². The first-order valence-electron chi connectivity index (χ1n) is 9.99. The lowest BCUT2D eigenvalue weighted by molar-refractivity contribution is -0.116. The van der Waals surface area contributed by atoms with Crippen molar-refractivity contribution in [2.45, 2.75) is 24.3 Å². The van der Waals surface area contributed by atoms with E-state index in [-0.39, 0.29) is 11.3 Å². The van der Waals surface area contributed by atoms with Crippen LogP contribution in [0.5, 0.6) is 5.75 Å². The lowest BCUT2D eigenvalue weighted by atomic mass is 10.1. The summed E-state index contributed by atoms with van der Waals surface area (Å²) in [5.74, 6) is 0.412. The lowest BCUT2D eigenvalue weighted by Gasteiger charge is -2.20. The third-order valence-corrected chi connectivity index (χ3v) is 6.87. The van der Waals surface area contributed by atoms with Crippen LogP contribution in [0.15, 0.2) is 76.7 Å². The number of carbonyl (C=O) groups excluding carboxylic acids is 1. The Morgan fingerprint density at radius 3 is 2.47 bits per heavy atom. The number of hydrogen-bond donors (Lipinski definition) is 0. The van der Waals surface area contributed by atoms with Crippen LogP contribution in [0.1, 0.15) is 23.3 Å². The van der Waals surface area contributed by atoms with E-state index in [2.05, 4.69) is 0 Å². The minimum Gasteiger partial charge on any atom is -0.495 e. The fraction of sp³-hybridized carbons (Fsp3) is 0.160. The molecule has 0 aliphatic rings. The number of ether oxygens (including phenoxy) is 1. The first-order chi connectivity index (χ1) is 15.4. The first-order valence-corrected chi connectivity index (χ1v) is 11.2. The minimum atomic E-state index is -0.519. The number of ketones is 1. The Kier molecular flexibility index (Phi) is 6.35. The first kappa shape index (κ1) is 22.1. The van der Waals surface area contributed by atoms with Crippen LogP contribution in [-0.2, 0) is 4.79 Å². The van der Waals surface area contributed by atoms with Crippen LogP contribution in [0.4, 0.5) is 0 Å². The van der Waals surface area contributed by atoms with Crippen molar-refractivity contribution in [1.29, 1.82) is 0 Å². The second-order valence-corrected chi connectivity index (χ2v) is 8.82. The molecule has 0 saturated carbocycles. The molecule has 1 aromatic heterocycles. The molecule has 1 atom stereocenters. The molecule has 0 saturated heterocycles. The Labute approximate surface area is 195 Å². The second kappa shape index (κ2) is 9.18. The smallest absolute Gasteiger partial charge is 0.266 e. The SMILES string of the molecule is COc1cc(Cl)c(C)cc1-n1c(S[C@H](C(C)=O)c2ccccc2)nc2ccccc2c1=O. The molecule has 0 aliphatic carbocycles. The lowest BCUT2D eigenvalue weighted by Crippen LogP contribution is -2.23. The molecule has 0 N–H and O–H groups in total. The monoisotopic (exact) mass is 464 g/mol. The fourth-order valence-corrected chi connectivity index (χ4v) is 4.77. The number of halogens is 1. The van der Waals surface area contributed by atoms with Crippen molar-refractivity contribution in [3.63, 3.8) is 0 Å². The average molecular weight is 465 g/mol. The fourth-order valence-electron chi connectivity index (χ4n) is 3.51. The van der Waals surface area contributed by atoms with Gasteiger partial charge in [-0.25, -0.2) is 4.98 Å². The number of para-hydroxylation sites is 1. The van der Waals surface area contributed by atoms with Gasteiger partial charge in [0.1, 0.15) is 11.5 Å². The predicted molar refractivity (Wildman–Crippen MR) is 129 cm³/mol. The molecule has 4 rings (SSSR count). The minimum absolute atomic E-state index is 0.0330. The summed E-state index contributed by atoms with van der Waals surface area (Å²) in [7, 11) is 1.53. The summed E-state index contributed by atoms with van der Waals surface area (Å²) in [6.07, 6.45) is 0. The summed E-state index contributed by atoms with van der Waals surface area (Å²) in [5, 5.41) is 0.894. The molecule has 7 heteroatoms. The third kappa shape index (κ3) is 4.16. The summed E-state index contributed by atoms with van der Waals surface area (Å²) in [4.78, 5) is 31.0. The molecular formula is C25H21ClN2O3S. The van der Waals surface area contributed by atoms with Crippen molar-refractivity contribution in [2.75, 3.05) is 7.11 Å².